The molecule has 4 aromatic rings. The number of ether oxygens (including phenoxy) is 1. The van der Waals surface area contributed by atoms with Crippen LogP contribution in [0.25, 0.3) is 0 Å². The van der Waals surface area contributed by atoms with Crippen LogP contribution in [0.3, 0.4) is 0 Å². The number of benzene rings is 4. The van der Waals surface area contributed by atoms with Crippen LogP contribution in [0, 0.1) is 6.92 Å². The summed E-state index contributed by atoms with van der Waals surface area (Å²) in [5.74, 6) is -0.810. The van der Waals surface area contributed by atoms with E-state index in [9.17, 15) is 31.2 Å². The standard InChI is InChI=1S/C32H28ClF3N4O5S/c1-22-7-14-27(15-8-22)46(43,44)40(25-11-16-29(33)28(17-25)32(34,35)36)20-30(41)39-38-19-24-9-12-26(13-10-24)45-21-31(42)37-18-23-5-3-2-4-6-23/h2-17,19H,18,20-21H2,1H3,(H,37,42)(H,39,41)/b38-19-. The van der Waals surface area contributed by atoms with Gasteiger partial charge in [0.25, 0.3) is 21.8 Å². The number of amides is 2. The van der Waals surface area contributed by atoms with E-state index >= 15 is 0 Å². The number of hydrazone groups is 1. The number of halogens is 4. The number of nitrogens with one attached hydrogen (secondary N) is 2. The van der Waals surface area contributed by atoms with E-state index in [0.29, 0.717) is 28.2 Å². The van der Waals surface area contributed by atoms with Gasteiger partial charge in [0.05, 0.1) is 27.4 Å². The Morgan fingerprint density at radius 2 is 1.61 bits per heavy atom. The quantitative estimate of drug-likeness (QED) is 0.148. The predicted octanol–water partition coefficient (Wildman–Crippen LogP) is 5.71. The Morgan fingerprint density at radius 1 is 0.935 bits per heavy atom. The van der Waals surface area contributed by atoms with Crippen molar-refractivity contribution in [3.05, 3.63) is 124 Å². The van der Waals surface area contributed by atoms with E-state index in [1.54, 1.807) is 31.2 Å². The molecule has 2 N–H and O–H groups in total. The Bertz CT molecular complexity index is 1800. The molecular weight excluding hydrogens is 645 g/mol. The van der Waals surface area contributed by atoms with Gasteiger partial charge in [-0.15, -0.1) is 0 Å². The molecule has 4 rings (SSSR count). The number of sulfonamides is 1. The molecule has 0 aliphatic heterocycles. The van der Waals surface area contributed by atoms with Gasteiger partial charge in [0.2, 0.25) is 0 Å². The summed E-state index contributed by atoms with van der Waals surface area (Å²) < 4.78 is 73.7. The summed E-state index contributed by atoms with van der Waals surface area (Å²) in [6.45, 7) is 1.03. The van der Waals surface area contributed by atoms with Gasteiger partial charge in [-0.3, -0.25) is 13.9 Å². The first-order valence-electron chi connectivity index (χ1n) is 13.6. The van der Waals surface area contributed by atoms with E-state index in [1.807, 2.05) is 30.3 Å². The minimum atomic E-state index is -4.87. The van der Waals surface area contributed by atoms with Crippen LogP contribution in [-0.2, 0) is 32.3 Å². The van der Waals surface area contributed by atoms with Crippen LogP contribution in [0.1, 0.15) is 22.3 Å². The highest BCUT2D eigenvalue weighted by Gasteiger charge is 2.35. The fourth-order valence-corrected chi connectivity index (χ4v) is 5.67. The molecule has 9 nitrogen and oxygen atoms in total. The summed E-state index contributed by atoms with van der Waals surface area (Å²) in [4.78, 5) is 24.6. The molecule has 0 saturated heterocycles. The third kappa shape index (κ3) is 9.31. The highest BCUT2D eigenvalue weighted by atomic mass is 35.5. The Morgan fingerprint density at radius 3 is 2.26 bits per heavy atom. The topological polar surface area (TPSA) is 117 Å². The molecule has 0 aliphatic rings. The second kappa shape index (κ2) is 14.9. The first-order valence-corrected chi connectivity index (χ1v) is 15.5. The number of aryl methyl sites for hydroxylation is 1. The maximum Gasteiger partial charge on any atom is 0.417 e. The molecule has 0 unspecified atom stereocenters. The molecular formula is C32H28ClF3N4O5S. The van der Waals surface area contributed by atoms with E-state index in [-0.39, 0.29) is 17.4 Å². The van der Waals surface area contributed by atoms with Crippen molar-refractivity contribution in [1.82, 2.24) is 10.7 Å². The van der Waals surface area contributed by atoms with Crippen LogP contribution in [0.4, 0.5) is 18.9 Å². The molecule has 0 saturated carbocycles. The van der Waals surface area contributed by atoms with Crippen LogP contribution in [-0.4, -0.2) is 39.6 Å². The van der Waals surface area contributed by atoms with Gasteiger partial charge in [-0.25, -0.2) is 13.8 Å². The summed E-state index contributed by atoms with van der Waals surface area (Å²) in [6.07, 6.45) is -3.59. The number of hydrogen-bond acceptors (Lipinski definition) is 6. The zero-order valence-corrected chi connectivity index (χ0v) is 25.9. The summed E-state index contributed by atoms with van der Waals surface area (Å²) in [6, 6.07) is 24.0. The monoisotopic (exact) mass is 672 g/mol. The van der Waals surface area contributed by atoms with Crippen molar-refractivity contribution in [3.8, 4) is 5.75 Å². The third-order valence-electron chi connectivity index (χ3n) is 6.42. The van der Waals surface area contributed by atoms with Gasteiger partial charge >= 0.3 is 6.18 Å². The van der Waals surface area contributed by atoms with Gasteiger partial charge in [0.15, 0.2) is 6.61 Å². The fraction of sp³-hybridized carbons (Fsp3) is 0.156. The number of anilines is 1. The average Bonchev–Trinajstić information content (AvgIpc) is 3.02. The van der Waals surface area contributed by atoms with E-state index in [0.717, 1.165) is 23.3 Å². The fourth-order valence-electron chi connectivity index (χ4n) is 4.03. The third-order valence-corrected chi connectivity index (χ3v) is 8.54. The second-order valence-corrected chi connectivity index (χ2v) is 12.2. The van der Waals surface area contributed by atoms with Crippen LogP contribution in [0.15, 0.2) is 107 Å². The first kappa shape index (κ1) is 34.0. The molecule has 0 atom stereocenters. The van der Waals surface area contributed by atoms with Crippen LogP contribution >= 0.6 is 11.6 Å². The lowest BCUT2D eigenvalue weighted by Crippen LogP contribution is -2.39. The van der Waals surface area contributed by atoms with E-state index < -0.39 is 44.9 Å². The van der Waals surface area contributed by atoms with Crippen LogP contribution in [0.2, 0.25) is 5.02 Å². The maximum absolute atomic E-state index is 13.6. The number of carbonyl (C=O) groups excluding carboxylic acids is 2. The SMILES string of the molecule is Cc1ccc(S(=O)(=O)N(CC(=O)N/N=C\c2ccc(OCC(=O)NCc3ccccc3)cc2)c2ccc(Cl)c(C(F)(F)F)c2)cc1. The summed E-state index contributed by atoms with van der Waals surface area (Å²) in [7, 11) is -4.48. The van der Waals surface area contributed by atoms with E-state index in [1.165, 1.54) is 30.5 Å². The smallest absolute Gasteiger partial charge is 0.417 e. The van der Waals surface area contributed by atoms with Crippen molar-refractivity contribution < 1.29 is 35.9 Å². The van der Waals surface area contributed by atoms with Crippen molar-refractivity contribution in [3.63, 3.8) is 0 Å². The van der Waals surface area contributed by atoms with E-state index in [2.05, 4.69) is 15.8 Å². The molecule has 46 heavy (non-hydrogen) atoms. The van der Waals surface area contributed by atoms with Crippen molar-refractivity contribution in [2.75, 3.05) is 17.5 Å². The zero-order chi connectivity index (χ0) is 33.3. The van der Waals surface area contributed by atoms with Gasteiger partial charge in [-0.05, 0) is 72.6 Å². The largest absolute Gasteiger partial charge is 0.484 e. The lowest BCUT2D eigenvalue weighted by atomic mass is 10.2. The number of rotatable bonds is 12. The molecule has 0 aromatic heterocycles. The van der Waals surface area contributed by atoms with Gasteiger partial charge in [0.1, 0.15) is 12.3 Å². The minimum absolute atomic E-state index is 0.198. The summed E-state index contributed by atoms with van der Waals surface area (Å²) >= 11 is 5.73. The van der Waals surface area contributed by atoms with Gasteiger partial charge in [0, 0.05) is 6.54 Å². The first-order chi connectivity index (χ1) is 21.8. The van der Waals surface area contributed by atoms with Crippen LogP contribution < -0.4 is 19.8 Å². The number of alkyl halides is 3. The molecule has 14 heteroatoms. The van der Waals surface area contributed by atoms with Crippen LogP contribution in [0.5, 0.6) is 5.75 Å². The summed E-state index contributed by atoms with van der Waals surface area (Å²) in [5, 5.41) is 5.96. The Balaban J connectivity index is 1.40. The predicted molar refractivity (Wildman–Crippen MR) is 168 cm³/mol. The zero-order valence-electron chi connectivity index (χ0n) is 24.3. The molecule has 0 bridgehead atoms. The van der Waals surface area contributed by atoms with Crippen molar-refractivity contribution in [2.24, 2.45) is 5.10 Å². The normalized spacial score (nSPS) is 11.7. The van der Waals surface area contributed by atoms with Crippen molar-refractivity contribution in [1.29, 1.82) is 0 Å². The molecule has 240 valence electrons. The number of nitrogens with zero attached hydrogens (tertiary/aromatic N) is 2. The summed E-state index contributed by atoms with van der Waals surface area (Å²) in [5.41, 5.74) is 2.76. The molecule has 0 heterocycles. The molecule has 0 radical (unpaired) electrons. The number of hydrogen-bond donors (Lipinski definition) is 2. The van der Waals surface area contributed by atoms with Gasteiger partial charge in [-0.1, -0.05) is 59.6 Å². The minimum Gasteiger partial charge on any atom is -0.484 e. The average molecular weight is 673 g/mol. The Labute approximate surface area is 268 Å². The van der Waals surface area contributed by atoms with Gasteiger partial charge in [-0.2, -0.15) is 18.3 Å². The Kier molecular flexibility index (Phi) is 11.0. The van der Waals surface area contributed by atoms with Crippen molar-refractivity contribution in [2.45, 2.75) is 24.5 Å². The Hall–Kier alpha value is -4.88. The highest BCUT2D eigenvalue weighted by Crippen LogP contribution is 2.38. The maximum atomic E-state index is 13.6. The van der Waals surface area contributed by atoms with Crippen molar-refractivity contribution >= 4 is 45.3 Å². The highest BCUT2D eigenvalue weighted by molar-refractivity contribution is 7.92. The second-order valence-electron chi connectivity index (χ2n) is 9.90. The van der Waals surface area contributed by atoms with E-state index in [4.69, 9.17) is 16.3 Å². The lowest BCUT2D eigenvalue weighted by Gasteiger charge is -2.25. The molecule has 0 fully saturated rings. The van der Waals surface area contributed by atoms with Gasteiger partial charge < -0.3 is 10.1 Å². The number of carbonyl (C=O) groups is 2. The molecule has 0 aliphatic carbocycles. The molecule has 0 spiro atoms. The molecule has 2 amide bonds. The molecule has 4 aromatic carbocycles. The lowest BCUT2D eigenvalue weighted by molar-refractivity contribution is -0.137.